The Balaban J connectivity index is 1.81. The van der Waals surface area contributed by atoms with Crippen molar-refractivity contribution < 1.29 is 9.90 Å². The number of rotatable bonds is 5. The monoisotopic (exact) mass is 369 g/mol. The van der Waals surface area contributed by atoms with Crippen LogP contribution in [0.2, 0.25) is 0 Å². The number of thiophene rings is 1. The molecule has 26 heavy (non-hydrogen) atoms. The molecule has 0 saturated heterocycles. The molecule has 1 aliphatic carbocycles. The highest BCUT2D eigenvalue weighted by Crippen LogP contribution is 2.36. The number of hydrogen-bond donors (Lipinski definition) is 2. The molecule has 8 heteroatoms. The van der Waals surface area contributed by atoms with E-state index in [2.05, 4.69) is 15.0 Å². The minimum atomic E-state index is -0.569. The van der Waals surface area contributed by atoms with E-state index >= 15 is 0 Å². The molecule has 0 aliphatic heterocycles. The van der Waals surface area contributed by atoms with Crippen LogP contribution in [-0.4, -0.2) is 38.1 Å². The first kappa shape index (κ1) is 16.9. The second-order valence-electron chi connectivity index (χ2n) is 6.49. The van der Waals surface area contributed by atoms with Crippen LogP contribution in [0.1, 0.15) is 42.0 Å². The number of primary amides is 1. The molecular formula is C18H19N5O2S. The first-order chi connectivity index (χ1) is 12.5. The van der Waals surface area contributed by atoms with E-state index in [1.807, 2.05) is 41.5 Å². The summed E-state index contributed by atoms with van der Waals surface area (Å²) in [7, 11) is 0. The number of aliphatic hydroxyl groups excluding tert-OH is 1. The Morgan fingerprint density at radius 2 is 2.15 bits per heavy atom. The van der Waals surface area contributed by atoms with Gasteiger partial charge in [-0.05, 0) is 43.3 Å². The molecule has 1 fully saturated rings. The molecule has 4 rings (SSSR count). The first-order valence-corrected chi connectivity index (χ1v) is 9.35. The lowest BCUT2D eigenvalue weighted by Gasteiger charge is -2.43. The van der Waals surface area contributed by atoms with E-state index in [1.165, 1.54) is 11.3 Å². The van der Waals surface area contributed by atoms with Crippen LogP contribution in [0.25, 0.3) is 10.2 Å². The second-order valence-corrected chi connectivity index (χ2v) is 7.40. The van der Waals surface area contributed by atoms with Crippen molar-refractivity contribution in [2.75, 3.05) is 4.90 Å². The summed E-state index contributed by atoms with van der Waals surface area (Å²) in [5, 5.41) is 11.7. The van der Waals surface area contributed by atoms with Crippen molar-refractivity contribution in [1.82, 2.24) is 15.0 Å². The van der Waals surface area contributed by atoms with Crippen LogP contribution in [0, 0.1) is 0 Å². The largest absolute Gasteiger partial charge is 0.393 e. The molecule has 1 saturated carbocycles. The molecule has 1 amide bonds. The lowest BCUT2D eigenvalue weighted by molar-refractivity contribution is 0.0699. The van der Waals surface area contributed by atoms with Gasteiger partial charge in [0.15, 0.2) is 5.69 Å². The second kappa shape index (κ2) is 6.62. The molecule has 1 aliphatic rings. The van der Waals surface area contributed by atoms with Gasteiger partial charge in [0.05, 0.1) is 28.1 Å². The predicted molar refractivity (Wildman–Crippen MR) is 100 cm³/mol. The highest BCUT2D eigenvalue weighted by molar-refractivity contribution is 7.17. The number of nitrogens with two attached hydrogens (primary N) is 1. The zero-order valence-corrected chi connectivity index (χ0v) is 15.1. The number of hydrogen-bond acceptors (Lipinski definition) is 7. The van der Waals surface area contributed by atoms with Gasteiger partial charge in [0, 0.05) is 12.2 Å². The van der Waals surface area contributed by atoms with Gasteiger partial charge in [-0.1, -0.05) is 6.07 Å². The van der Waals surface area contributed by atoms with Crippen molar-refractivity contribution >= 4 is 33.4 Å². The third-order valence-electron chi connectivity index (χ3n) is 4.77. The maximum Gasteiger partial charge on any atom is 0.269 e. The Morgan fingerprint density at radius 3 is 2.81 bits per heavy atom. The average molecular weight is 369 g/mol. The summed E-state index contributed by atoms with van der Waals surface area (Å²) in [6.45, 7) is 2.03. The number of fused-ring (bicyclic) bond motifs is 1. The number of carbonyl (C=O) groups excluding carboxylic acids is 1. The normalized spacial score (nSPS) is 20.5. The molecule has 0 unspecified atom stereocenters. The van der Waals surface area contributed by atoms with Crippen molar-refractivity contribution in [3.63, 3.8) is 0 Å². The number of aliphatic hydroxyl groups is 1. The summed E-state index contributed by atoms with van der Waals surface area (Å²) in [6, 6.07) is 7.59. The molecule has 0 aromatic carbocycles. The summed E-state index contributed by atoms with van der Waals surface area (Å²) in [5.41, 5.74) is 7.36. The van der Waals surface area contributed by atoms with Gasteiger partial charge < -0.3 is 15.7 Å². The highest BCUT2D eigenvalue weighted by atomic mass is 32.1. The molecular weight excluding hydrogens is 350 g/mol. The van der Waals surface area contributed by atoms with E-state index in [9.17, 15) is 9.90 Å². The number of aromatic nitrogens is 3. The van der Waals surface area contributed by atoms with Gasteiger partial charge in [0.2, 0.25) is 5.95 Å². The number of pyridine rings is 1. The Hall–Kier alpha value is -2.58. The minimum absolute atomic E-state index is 0.0822. The quantitative estimate of drug-likeness (QED) is 0.715. The van der Waals surface area contributed by atoms with Crippen LogP contribution in [0.15, 0.2) is 35.8 Å². The lowest BCUT2D eigenvalue weighted by Crippen LogP contribution is -2.49. The van der Waals surface area contributed by atoms with Gasteiger partial charge >= 0.3 is 0 Å². The van der Waals surface area contributed by atoms with Crippen molar-refractivity contribution in [2.45, 2.75) is 38.0 Å². The SMILES string of the molecule is C[C@@H](c1ccccn1)N(c1nc(C(N)=O)c2sccc2n1)C1CC(O)C1. The van der Waals surface area contributed by atoms with Crippen LogP contribution in [0.3, 0.4) is 0 Å². The molecule has 0 radical (unpaired) electrons. The number of nitrogens with zero attached hydrogens (tertiary/aromatic N) is 4. The van der Waals surface area contributed by atoms with Gasteiger partial charge in [0.25, 0.3) is 5.91 Å². The Kier molecular flexibility index (Phi) is 4.29. The van der Waals surface area contributed by atoms with E-state index in [0.717, 1.165) is 5.69 Å². The molecule has 1 atom stereocenters. The lowest BCUT2D eigenvalue weighted by atomic mass is 9.87. The van der Waals surface area contributed by atoms with E-state index in [0.29, 0.717) is 29.0 Å². The van der Waals surface area contributed by atoms with Crippen LogP contribution in [-0.2, 0) is 0 Å². The summed E-state index contributed by atoms with van der Waals surface area (Å²) in [6.07, 6.45) is 2.69. The smallest absolute Gasteiger partial charge is 0.269 e. The molecule has 3 heterocycles. The van der Waals surface area contributed by atoms with Gasteiger partial charge in [0.1, 0.15) is 0 Å². The number of amides is 1. The fraction of sp³-hybridized carbons (Fsp3) is 0.333. The van der Waals surface area contributed by atoms with E-state index < -0.39 is 5.91 Å². The van der Waals surface area contributed by atoms with Crippen molar-refractivity contribution in [1.29, 1.82) is 0 Å². The number of anilines is 1. The Labute approximate surface area is 154 Å². The number of carbonyl (C=O) groups is 1. The fourth-order valence-corrected chi connectivity index (χ4v) is 4.16. The van der Waals surface area contributed by atoms with Crippen LogP contribution in [0.4, 0.5) is 5.95 Å². The van der Waals surface area contributed by atoms with Crippen molar-refractivity contribution in [2.24, 2.45) is 5.73 Å². The third-order valence-corrected chi connectivity index (χ3v) is 5.68. The fourth-order valence-electron chi connectivity index (χ4n) is 3.34. The van der Waals surface area contributed by atoms with E-state index in [-0.39, 0.29) is 23.9 Å². The highest BCUT2D eigenvalue weighted by Gasteiger charge is 2.37. The molecule has 3 aromatic rings. The van der Waals surface area contributed by atoms with E-state index in [1.54, 1.807) is 6.20 Å². The maximum absolute atomic E-state index is 11.9. The van der Waals surface area contributed by atoms with Gasteiger partial charge in [-0.3, -0.25) is 9.78 Å². The van der Waals surface area contributed by atoms with Gasteiger partial charge in [-0.15, -0.1) is 11.3 Å². The molecule has 0 spiro atoms. The minimum Gasteiger partial charge on any atom is -0.393 e. The Morgan fingerprint density at radius 1 is 1.35 bits per heavy atom. The maximum atomic E-state index is 11.9. The van der Waals surface area contributed by atoms with Crippen LogP contribution in [0.5, 0.6) is 0 Å². The summed E-state index contributed by atoms with van der Waals surface area (Å²) in [5.74, 6) is -0.125. The molecule has 134 valence electrons. The summed E-state index contributed by atoms with van der Waals surface area (Å²) >= 11 is 1.40. The van der Waals surface area contributed by atoms with Crippen molar-refractivity contribution in [3.05, 3.63) is 47.2 Å². The van der Waals surface area contributed by atoms with Crippen LogP contribution >= 0.6 is 11.3 Å². The van der Waals surface area contributed by atoms with Crippen LogP contribution < -0.4 is 10.6 Å². The van der Waals surface area contributed by atoms with Gasteiger partial charge in [-0.25, -0.2) is 9.97 Å². The first-order valence-electron chi connectivity index (χ1n) is 8.47. The molecule has 7 nitrogen and oxygen atoms in total. The zero-order valence-electron chi connectivity index (χ0n) is 14.2. The molecule has 0 bridgehead atoms. The Bertz CT molecular complexity index is 939. The van der Waals surface area contributed by atoms with E-state index in [4.69, 9.17) is 5.73 Å². The third kappa shape index (κ3) is 2.91. The average Bonchev–Trinajstić information content (AvgIpc) is 3.08. The summed E-state index contributed by atoms with van der Waals surface area (Å²) < 4.78 is 0.695. The molecule has 3 N–H and O–H groups in total. The topological polar surface area (TPSA) is 105 Å². The predicted octanol–water partition coefficient (Wildman–Crippen LogP) is 2.28. The zero-order chi connectivity index (χ0) is 18.3. The standard InChI is InChI=1S/C18H19N5O2S/c1-10(13-4-2-3-6-20-13)23(11-8-12(24)9-11)18-21-14-5-7-26-16(14)15(22-18)17(19)25/h2-7,10-12,24H,8-9H2,1H3,(H2,19,25)/t10-,11?,12?/m0/s1. The van der Waals surface area contributed by atoms with Gasteiger partial charge in [-0.2, -0.15) is 0 Å². The van der Waals surface area contributed by atoms with Crippen molar-refractivity contribution in [3.8, 4) is 0 Å². The molecule has 3 aromatic heterocycles. The summed E-state index contributed by atoms with van der Waals surface area (Å²) in [4.78, 5) is 27.5.